The summed E-state index contributed by atoms with van der Waals surface area (Å²) in [4.78, 5) is 22.6. The summed E-state index contributed by atoms with van der Waals surface area (Å²) in [6.45, 7) is 2.53. The summed E-state index contributed by atoms with van der Waals surface area (Å²) < 4.78 is 0. The van der Waals surface area contributed by atoms with Gasteiger partial charge in [0.1, 0.15) is 5.82 Å². The molecular weight excluding hydrogens is 326 g/mol. The van der Waals surface area contributed by atoms with Crippen molar-refractivity contribution in [1.82, 2.24) is 15.3 Å². The lowest BCUT2D eigenvalue weighted by Crippen LogP contribution is -2.40. The molecule has 24 heavy (non-hydrogen) atoms. The highest BCUT2D eigenvalue weighted by Crippen LogP contribution is 2.20. The lowest BCUT2D eigenvalue weighted by atomic mass is 9.97. The van der Waals surface area contributed by atoms with Crippen LogP contribution in [0.25, 0.3) is 0 Å². The molecule has 0 atom stereocenters. The van der Waals surface area contributed by atoms with Crippen LogP contribution < -0.4 is 15.5 Å². The van der Waals surface area contributed by atoms with Crippen molar-refractivity contribution in [3.8, 4) is 0 Å². The van der Waals surface area contributed by atoms with E-state index in [1.165, 1.54) is 0 Å². The van der Waals surface area contributed by atoms with Gasteiger partial charge in [-0.1, -0.05) is 17.7 Å². The van der Waals surface area contributed by atoms with E-state index >= 15 is 0 Å². The maximum absolute atomic E-state index is 12.0. The molecule has 0 aliphatic carbocycles. The van der Waals surface area contributed by atoms with Gasteiger partial charge in [-0.2, -0.15) is 0 Å². The molecule has 0 saturated carbocycles. The average Bonchev–Trinajstić information content (AvgIpc) is 2.61. The zero-order valence-electron chi connectivity index (χ0n) is 13.3. The maximum atomic E-state index is 12.0. The van der Waals surface area contributed by atoms with Crippen molar-refractivity contribution in [3.63, 3.8) is 0 Å². The van der Waals surface area contributed by atoms with E-state index in [2.05, 4.69) is 25.5 Å². The quantitative estimate of drug-likeness (QED) is 0.893. The first kappa shape index (κ1) is 16.5. The molecule has 1 saturated heterocycles. The second kappa shape index (κ2) is 7.97. The summed E-state index contributed by atoms with van der Waals surface area (Å²) in [6, 6.07) is 6.91. The van der Waals surface area contributed by atoms with Gasteiger partial charge in [0, 0.05) is 42.7 Å². The van der Waals surface area contributed by atoms with Gasteiger partial charge in [0.15, 0.2) is 0 Å². The van der Waals surface area contributed by atoms with Gasteiger partial charge >= 0.3 is 6.03 Å². The van der Waals surface area contributed by atoms with Gasteiger partial charge in [0.2, 0.25) is 0 Å². The van der Waals surface area contributed by atoms with E-state index in [0.717, 1.165) is 31.7 Å². The topological polar surface area (TPSA) is 70.2 Å². The molecule has 2 aromatic rings. The van der Waals surface area contributed by atoms with Crippen LogP contribution in [0.2, 0.25) is 5.02 Å². The molecule has 0 bridgehead atoms. The van der Waals surface area contributed by atoms with E-state index in [-0.39, 0.29) is 6.03 Å². The SMILES string of the molecule is O=C(NCC1CCN(c2cnccn2)CC1)Nc1cccc(Cl)c1. The maximum Gasteiger partial charge on any atom is 0.319 e. The van der Waals surface area contributed by atoms with Crippen molar-refractivity contribution in [2.45, 2.75) is 12.8 Å². The number of carbonyl (C=O) groups excluding carboxylic acids is 1. The fraction of sp³-hybridized carbons (Fsp3) is 0.353. The van der Waals surface area contributed by atoms with Crippen LogP contribution in [0.3, 0.4) is 0 Å². The number of anilines is 2. The number of nitrogens with zero attached hydrogens (tertiary/aromatic N) is 3. The lowest BCUT2D eigenvalue weighted by molar-refractivity contribution is 0.248. The number of halogens is 1. The van der Waals surface area contributed by atoms with Crippen LogP contribution in [0.4, 0.5) is 16.3 Å². The first-order chi connectivity index (χ1) is 11.7. The summed E-state index contributed by atoms with van der Waals surface area (Å²) in [5.74, 6) is 1.39. The molecule has 1 aliphatic rings. The second-order valence-corrected chi connectivity index (χ2v) is 6.28. The van der Waals surface area contributed by atoms with E-state index in [1.54, 1.807) is 36.8 Å². The van der Waals surface area contributed by atoms with Gasteiger partial charge in [-0.05, 0) is 37.0 Å². The molecule has 0 unspecified atom stereocenters. The van der Waals surface area contributed by atoms with E-state index in [1.807, 2.05) is 6.07 Å². The van der Waals surface area contributed by atoms with Crippen molar-refractivity contribution in [3.05, 3.63) is 47.9 Å². The molecule has 3 rings (SSSR count). The number of carbonyl (C=O) groups is 1. The largest absolute Gasteiger partial charge is 0.355 e. The second-order valence-electron chi connectivity index (χ2n) is 5.84. The summed E-state index contributed by atoms with van der Waals surface area (Å²) in [7, 11) is 0. The van der Waals surface area contributed by atoms with Crippen molar-refractivity contribution in [2.75, 3.05) is 29.9 Å². The molecule has 1 aromatic heterocycles. The summed E-state index contributed by atoms with van der Waals surface area (Å²) in [6.07, 6.45) is 7.22. The third-order valence-corrected chi connectivity index (χ3v) is 4.36. The third-order valence-electron chi connectivity index (χ3n) is 4.12. The molecular formula is C17H20ClN5O. The molecule has 0 radical (unpaired) electrons. The third kappa shape index (κ3) is 4.58. The summed E-state index contributed by atoms with van der Waals surface area (Å²) in [5, 5.41) is 6.33. The molecule has 1 fully saturated rings. The average molecular weight is 346 g/mol. The lowest BCUT2D eigenvalue weighted by Gasteiger charge is -2.32. The Morgan fingerprint density at radius 3 is 2.83 bits per heavy atom. The van der Waals surface area contributed by atoms with E-state index in [0.29, 0.717) is 23.2 Å². The van der Waals surface area contributed by atoms with Crippen LogP contribution >= 0.6 is 11.6 Å². The highest BCUT2D eigenvalue weighted by molar-refractivity contribution is 6.30. The van der Waals surface area contributed by atoms with Crippen molar-refractivity contribution >= 4 is 29.1 Å². The van der Waals surface area contributed by atoms with Crippen LogP contribution in [0.5, 0.6) is 0 Å². The van der Waals surface area contributed by atoms with Gasteiger partial charge in [-0.25, -0.2) is 9.78 Å². The molecule has 7 heteroatoms. The first-order valence-corrected chi connectivity index (χ1v) is 8.40. The zero-order chi connectivity index (χ0) is 16.8. The van der Waals surface area contributed by atoms with Gasteiger partial charge in [0.25, 0.3) is 0 Å². The number of nitrogens with one attached hydrogen (secondary N) is 2. The Bertz CT molecular complexity index is 674. The number of aromatic nitrogens is 2. The van der Waals surface area contributed by atoms with Gasteiger partial charge in [0.05, 0.1) is 6.20 Å². The molecule has 2 amide bonds. The number of hydrogen-bond acceptors (Lipinski definition) is 4. The number of benzene rings is 1. The Hall–Kier alpha value is -2.34. The standard InChI is InChI=1S/C17H20ClN5O/c18-14-2-1-3-15(10-14)22-17(24)21-11-13-4-8-23(9-5-13)16-12-19-6-7-20-16/h1-3,6-7,10,12-13H,4-5,8-9,11H2,(H2,21,22,24). The number of urea groups is 1. The summed E-state index contributed by atoms with van der Waals surface area (Å²) >= 11 is 5.91. The number of piperidine rings is 1. The Kier molecular flexibility index (Phi) is 5.48. The van der Waals surface area contributed by atoms with Crippen LogP contribution in [0, 0.1) is 5.92 Å². The molecule has 2 heterocycles. The van der Waals surface area contributed by atoms with Crippen molar-refractivity contribution in [2.24, 2.45) is 5.92 Å². The summed E-state index contributed by atoms with van der Waals surface area (Å²) in [5.41, 5.74) is 0.692. The van der Waals surface area contributed by atoms with Gasteiger partial charge < -0.3 is 15.5 Å². The normalized spacial score (nSPS) is 15.1. The van der Waals surface area contributed by atoms with Crippen LogP contribution in [0.15, 0.2) is 42.9 Å². The Balaban J connectivity index is 1.41. The number of amides is 2. The predicted octanol–water partition coefficient (Wildman–Crippen LogP) is 3.17. The Morgan fingerprint density at radius 1 is 1.29 bits per heavy atom. The highest BCUT2D eigenvalue weighted by Gasteiger charge is 2.20. The molecule has 1 aliphatic heterocycles. The van der Waals surface area contributed by atoms with Crippen LogP contribution in [-0.4, -0.2) is 35.6 Å². The minimum atomic E-state index is -0.200. The number of hydrogen-bond donors (Lipinski definition) is 2. The fourth-order valence-corrected chi connectivity index (χ4v) is 2.99. The van der Waals surface area contributed by atoms with Crippen molar-refractivity contribution < 1.29 is 4.79 Å². The first-order valence-electron chi connectivity index (χ1n) is 8.02. The Labute approximate surface area is 146 Å². The van der Waals surface area contributed by atoms with E-state index in [4.69, 9.17) is 11.6 Å². The zero-order valence-corrected chi connectivity index (χ0v) is 14.0. The van der Waals surface area contributed by atoms with Crippen LogP contribution in [0.1, 0.15) is 12.8 Å². The van der Waals surface area contributed by atoms with Gasteiger partial charge in [-0.15, -0.1) is 0 Å². The minimum Gasteiger partial charge on any atom is -0.355 e. The molecule has 0 spiro atoms. The van der Waals surface area contributed by atoms with E-state index in [9.17, 15) is 4.79 Å². The van der Waals surface area contributed by atoms with E-state index < -0.39 is 0 Å². The molecule has 6 nitrogen and oxygen atoms in total. The minimum absolute atomic E-state index is 0.200. The monoisotopic (exact) mass is 345 g/mol. The fourth-order valence-electron chi connectivity index (χ4n) is 2.80. The van der Waals surface area contributed by atoms with Crippen molar-refractivity contribution in [1.29, 1.82) is 0 Å². The predicted molar refractivity (Wildman–Crippen MR) is 95.4 cm³/mol. The number of rotatable bonds is 4. The molecule has 126 valence electrons. The molecule has 1 aromatic carbocycles. The Morgan fingerprint density at radius 2 is 2.12 bits per heavy atom. The van der Waals surface area contributed by atoms with Gasteiger partial charge in [-0.3, -0.25) is 4.98 Å². The highest BCUT2D eigenvalue weighted by atomic mass is 35.5. The van der Waals surface area contributed by atoms with Crippen LogP contribution in [-0.2, 0) is 0 Å². The molecule has 2 N–H and O–H groups in total. The smallest absolute Gasteiger partial charge is 0.319 e.